The van der Waals surface area contributed by atoms with Crippen molar-refractivity contribution in [2.24, 2.45) is 5.92 Å². The van der Waals surface area contributed by atoms with Gasteiger partial charge in [0, 0.05) is 37.7 Å². The number of aliphatic hydroxyl groups excluding tert-OH is 1. The Morgan fingerprint density at radius 3 is 2.82 bits per heavy atom. The van der Waals surface area contributed by atoms with E-state index in [-0.39, 0.29) is 22.9 Å². The Morgan fingerprint density at radius 2 is 2.09 bits per heavy atom. The highest BCUT2D eigenvalue weighted by molar-refractivity contribution is 6.14. The van der Waals surface area contributed by atoms with Gasteiger partial charge in [-0.05, 0) is 43.9 Å². The van der Waals surface area contributed by atoms with Gasteiger partial charge in [0.05, 0.1) is 29.6 Å². The van der Waals surface area contributed by atoms with E-state index in [1.54, 1.807) is 14.0 Å². The van der Waals surface area contributed by atoms with Gasteiger partial charge in [-0.15, -0.1) is 0 Å². The SMILES string of the molecule is CNc1cc(F)ccc1C(=N)c1cnc2[nH]cc(C(=O)N[C@H](C)[C@H](O)C3CCOCC3)c2n1. The molecule has 2 atom stereocenters. The third-order valence-corrected chi connectivity index (χ3v) is 6.02. The Bertz CT molecular complexity index is 1170. The Balaban J connectivity index is 1.56. The predicted octanol–water partition coefficient (Wildman–Crippen LogP) is 2.46. The molecule has 0 aliphatic carbocycles. The molecule has 0 bridgehead atoms. The molecule has 1 aliphatic rings. The van der Waals surface area contributed by atoms with Gasteiger partial charge in [-0.2, -0.15) is 0 Å². The van der Waals surface area contributed by atoms with Crippen molar-refractivity contribution in [1.29, 1.82) is 5.41 Å². The minimum Gasteiger partial charge on any atom is -0.391 e. The summed E-state index contributed by atoms with van der Waals surface area (Å²) >= 11 is 0. The van der Waals surface area contributed by atoms with Crippen molar-refractivity contribution in [3.8, 4) is 0 Å². The van der Waals surface area contributed by atoms with Gasteiger partial charge in [0.15, 0.2) is 5.65 Å². The topological polar surface area (TPSA) is 136 Å². The molecule has 3 aromatic rings. The van der Waals surface area contributed by atoms with Crippen LogP contribution in [0.5, 0.6) is 0 Å². The zero-order valence-corrected chi connectivity index (χ0v) is 18.5. The smallest absolute Gasteiger partial charge is 0.255 e. The van der Waals surface area contributed by atoms with Crippen LogP contribution in [0.2, 0.25) is 0 Å². The fraction of sp³-hybridized carbons (Fsp3) is 0.391. The molecule has 1 saturated heterocycles. The van der Waals surface area contributed by atoms with Crippen LogP contribution in [-0.4, -0.2) is 64.1 Å². The molecule has 3 heterocycles. The van der Waals surface area contributed by atoms with Crippen molar-refractivity contribution in [2.75, 3.05) is 25.6 Å². The third kappa shape index (κ3) is 4.71. The van der Waals surface area contributed by atoms with Gasteiger partial charge in [-0.25, -0.2) is 14.4 Å². The number of H-pyrrole nitrogens is 1. The number of fused-ring (bicyclic) bond motifs is 1. The van der Waals surface area contributed by atoms with Crippen molar-refractivity contribution in [3.05, 3.63) is 53.2 Å². The molecule has 1 fully saturated rings. The van der Waals surface area contributed by atoms with Crippen LogP contribution in [0.4, 0.5) is 10.1 Å². The van der Waals surface area contributed by atoms with E-state index in [1.165, 1.54) is 30.6 Å². The summed E-state index contributed by atoms with van der Waals surface area (Å²) in [6.45, 7) is 2.99. The molecule has 2 aromatic heterocycles. The number of aliphatic hydroxyl groups is 1. The first-order valence-electron chi connectivity index (χ1n) is 10.9. The van der Waals surface area contributed by atoms with Crippen LogP contribution in [0.1, 0.15) is 41.4 Å². The van der Waals surface area contributed by atoms with Crippen molar-refractivity contribution >= 4 is 28.5 Å². The summed E-state index contributed by atoms with van der Waals surface area (Å²) in [5.74, 6) is -0.740. The number of hydrogen-bond acceptors (Lipinski definition) is 7. The molecule has 1 aliphatic heterocycles. The van der Waals surface area contributed by atoms with Crippen molar-refractivity contribution in [1.82, 2.24) is 20.3 Å². The number of nitrogens with one attached hydrogen (secondary N) is 4. The first-order chi connectivity index (χ1) is 15.9. The number of anilines is 1. The minimum absolute atomic E-state index is 0.0459. The van der Waals surface area contributed by atoms with E-state index in [0.717, 1.165) is 12.8 Å². The van der Waals surface area contributed by atoms with E-state index < -0.39 is 23.9 Å². The van der Waals surface area contributed by atoms with Gasteiger partial charge < -0.3 is 25.5 Å². The molecule has 1 aromatic carbocycles. The summed E-state index contributed by atoms with van der Waals surface area (Å²) in [5, 5.41) is 24.9. The fourth-order valence-corrected chi connectivity index (χ4v) is 4.10. The molecule has 174 valence electrons. The highest BCUT2D eigenvalue weighted by atomic mass is 19.1. The summed E-state index contributed by atoms with van der Waals surface area (Å²) in [6.07, 6.45) is 3.77. The van der Waals surface area contributed by atoms with Crippen LogP contribution in [0, 0.1) is 17.1 Å². The molecule has 0 saturated carbocycles. The molecule has 0 spiro atoms. The van der Waals surface area contributed by atoms with Crippen molar-refractivity contribution < 1.29 is 19.0 Å². The van der Waals surface area contributed by atoms with Crippen LogP contribution >= 0.6 is 0 Å². The second-order valence-corrected chi connectivity index (χ2v) is 8.17. The van der Waals surface area contributed by atoms with Crippen LogP contribution in [0.15, 0.2) is 30.6 Å². The van der Waals surface area contributed by atoms with Gasteiger partial charge >= 0.3 is 0 Å². The molecule has 1 amide bonds. The lowest BCUT2D eigenvalue weighted by atomic mass is 9.90. The molecule has 10 heteroatoms. The number of nitrogens with zero attached hydrogens (tertiary/aromatic N) is 2. The number of amides is 1. The molecule has 5 N–H and O–H groups in total. The third-order valence-electron chi connectivity index (χ3n) is 6.02. The Morgan fingerprint density at radius 1 is 1.33 bits per heavy atom. The Labute approximate surface area is 190 Å². The first kappa shape index (κ1) is 22.8. The van der Waals surface area contributed by atoms with E-state index in [9.17, 15) is 14.3 Å². The van der Waals surface area contributed by atoms with Gasteiger partial charge in [-0.1, -0.05) is 0 Å². The maximum absolute atomic E-state index is 13.6. The number of aromatic amines is 1. The normalized spacial score (nSPS) is 16.4. The number of ether oxygens (including phenoxy) is 1. The summed E-state index contributed by atoms with van der Waals surface area (Å²) in [4.78, 5) is 24.7. The zero-order chi connectivity index (χ0) is 23.5. The van der Waals surface area contributed by atoms with E-state index in [0.29, 0.717) is 35.6 Å². The number of halogens is 1. The average Bonchev–Trinajstić information content (AvgIpc) is 3.27. The molecular weight excluding hydrogens is 427 g/mol. The van der Waals surface area contributed by atoms with E-state index >= 15 is 0 Å². The second kappa shape index (κ2) is 9.63. The Hall–Kier alpha value is -3.37. The maximum atomic E-state index is 13.6. The highest BCUT2D eigenvalue weighted by Gasteiger charge is 2.28. The number of carbonyl (C=O) groups is 1. The molecule has 0 unspecified atom stereocenters. The van der Waals surface area contributed by atoms with Gasteiger partial charge in [0.2, 0.25) is 0 Å². The monoisotopic (exact) mass is 454 g/mol. The van der Waals surface area contributed by atoms with E-state index in [1.807, 2.05) is 0 Å². The summed E-state index contributed by atoms with van der Waals surface area (Å²) in [6, 6.07) is 3.62. The van der Waals surface area contributed by atoms with Crippen LogP contribution in [0.3, 0.4) is 0 Å². The lowest BCUT2D eigenvalue weighted by Crippen LogP contribution is -2.45. The van der Waals surface area contributed by atoms with Crippen molar-refractivity contribution in [3.63, 3.8) is 0 Å². The first-order valence-corrected chi connectivity index (χ1v) is 10.9. The van der Waals surface area contributed by atoms with Crippen LogP contribution in [0.25, 0.3) is 11.2 Å². The summed E-state index contributed by atoms with van der Waals surface area (Å²) in [7, 11) is 1.64. The summed E-state index contributed by atoms with van der Waals surface area (Å²) < 4.78 is 18.9. The van der Waals surface area contributed by atoms with Crippen LogP contribution in [-0.2, 0) is 4.74 Å². The number of aromatic nitrogens is 3. The molecular formula is C23H27FN6O3. The lowest BCUT2D eigenvalue weighted by molar-refractivity contribution is -0.00424. The Kier molecular flexibility index (Phi) is 6.66. The number of benzene rings is 1. The zero-order valence-electron chi connectivity index (χ0n) is 18.5. The predicted molar refractivity (Wildman–Crippen MR) is 122 cm³/mol. The summed E-state index contributed by atoms with van der Waals surface area (Å²) in [5.41, 5.74) is 2.19. The van der Waals surface area contributed by atoms with Crippen molar-refractivity contribution in [2.45, 2.75) is 31.9 Å². The van der Waals surface area contributed by atoms with Gasteiger partial charge in [0.1, 0.15) is 17.0 Å². The maximum Gasteiger partial charge on any atom is 0.255 e. The highest BCUT2D eigenvalue weighted by Crippen LogP contribution is 2.23. The second-order valence-electron chi connectivity index (χ2n) is 8.17. The van der Waals surface area contributed by atoms with E-state index in [2.05, 4.69) is 25.6 Å². The largest absolute Gasteiger partial charge is 0.391 e. The average molecular weight is 455 g/mol. The lowest BCUT2D eigenvalue weighted by Gasteiger charge is -2.30. The fourth-order valence-electron chi connectivity index (χ4n) is 4.10. The number of rotatable bonds is 7. The van der Waals surface area contributed by atoms with E-state index in [4.69, 9.17) is 10.1 Å². The molecule has 0 radical (unpaired) electrons. The van der Waals surface area contributed by atoms with Crippen LogP contribution < -0.4 is 10.6 Å². The quantitative estimate of drug-likeness (QED) is 0.348. The molecule has 33 heavy (non-hydrogen) atoms. The van der Waals surface area contributed by atoms with Gasteiger partial charge in [0.25, 0.3) is 5.91 Å². The molecule has 9 nitrogen and oxygen atoms in total. The van der Waals surface area contributed by atoms with Gasteiger partial charge in [-0.3, -0.25) is 10.2 Å². The molecule has 4 rings (SSSR count). The number of carbonyl (C=O) groups excluding carboxylic acids is 1. The minimum atomic E-state index is -0.684. The number of hydrogen-bond donors (Lipinski definition) is 5. The standard InChI is InChI=1S/C23H27FN6O3/c1-12(21(31)13-5-7-33-8-6-13)29-23(32)16-10-27-22-20(16)30-18(11-28-22)19(25)15-4-3-14(24)9-17(15)26-2/h3-4,9-13,21,25-26,31H,5-8H2,1-2H3,(H,27,28)(H,29,32)/t12-,21+/m1/s1.